The molecule has 0 radical (unpaired) electrons. The van der Waals surface area contributed by atoms with Crippen LogP contribution in [0.25, 0.3) is 10.8 Å². The van der Waals surface area contributed by atoms with Crippen molar-refractivity contribution >= 4 is 16.7 Å². The Morgan fingerprint density at radius 3 is 2.48 bits per heavy atom. The zero-order chi connectivity index (χ0) is 18.6. The van der Waals surface area contributed by atoms with Gasteiger partial charge in [0, 0.05) is 29.6 Å². The van der Waals surface area contributed by atoms with Crippen LogP contribution in [0, 0.1) is 5.92 Å². The first-order valence-electron chi connectivity index (χ1n) is 10.3. The van der Waals surface area contributed by atoms with E-state index in [-0.39, 0.29) is 11.5 Å². The number of aromatic amines is 1. The molecule has 1 aromatic carbocycles. The van der Waals surface area contributed by atoms with Gasteiger partial charge >= 0.3 is 0 Å². The van der Waals surface area contributed by atoms with E-state index in [0.29, 0.717) is 28.8 Å². The summed E-state index contributed by atoms with van der Waals surface area (Å²) in [5.74, 6) is 0.444. The summed E-state index contributed by atoms with van der Waals surface area (Å²) in [5.41, 5.74) is 0.391. The lowest BCUT2D eigenvalue weighted by Crippen LogP contribution is -2.44. The highest BCUT2D eigenvalue weighted by molar-refractivity contribution is 6.06. The largest absolute Gasteiger partial charge is 0.352 e. The maximum absolute atomic E-state index is 12.7. The van der Waals surface area contributed by atoms with Crippen molar-refractivity contribution in [2.75, 3.05) is 19.6 Å². The quantitative estimate of drug-likeness (QED) is 0.871. The number of piperidine rings is 1. The van der Waals surface area contributed by atoms with Gasteiger partial charge in [-0.15, -0.1) is 0 Å². The van der Waals surface area contributed by atoms with E-state index in [2.05, 4.69) is 15.2 Å². The Kier molecular flexibility index (Phi) is 5.58. The number of nitrogens with zero attached hydrogens (tertiary/aromatic N) is 1. The number of hydrogen-bond donors (Lipinski definition) is 2. The minimum atomic E-state index is -0.155. The fourth-order valence-corrected chi connectivity index (χ4v) is 4.70. The Balaban J connectivity index is 1.33. The summed E-state index contributed by atoms with van der Waals surface area (Å²) in [6.45, 7) is 3.03. The van der Waals surface area contributed by atoms with Gasteiger partial charge in [-0.3, -0.25) is 9.59 Å². The van der Waals surface area contributed by atoms with E-state index in [1.165, 1.54) is 38.3 Å². The van der Waals surface area contributed by atoms with Crippen LogP contribution in [0.2, 0.25) is 0 Å². The van der Waals surface area contributed by atoms with Crippen LogP contribution in [0.1, 0.15) is 55.3 Å². The predicted octanol–water partition coefficient (Wildman–Crippen LogP) is 3.30. The van der Waals surface area contributed by atoms with E-state index < -0.39 is 0 Å². The maximum atomic E-state index is 12.7. The van der Waals surface area contributed by atoms with Crippen LogP contribution in [-0.2, 0) is 0 Å². The Morgan fingerprint density at radius 2 is 1.74 bits per heavy atom. The van der Waals surface area contributed by atoms with Crippen molar-refractivity contribution in [3.8, 4) is 0 Å². The SMILES string of the molecule is O=C(NCC1CCN(C2CCCCC2)CC1)c1c[nH]c(=O)c2ccccc12. The monoisotopic (exact) mass is 367 g/mol. The molecular formula is C22H29N3O2. The van der Waals surface area contributed by atoms with E-state index >= 15 is 0 Å². The second-order valence-corrected chi connectivity index (χ2v) is 8.06. The average Bonchev–Trinajstić information content (AvgIpc) is 2.73. The Labute approximate surface area is 160 Å². The van der Waals surface area contributed by atoms with E-state index in [1.54, 1.807) is 6.07 Å². The molecule has 1 saturated carbocycles. The van der Waals surface area contributed by atoms with Crippen molar-refractivity contribution in [3.63, 3.8) is 0 Å². The van der Waals surface area contributed by atoms with E-state index in [9.17, 15) is 9.59 Å². The molecule has 2 aromatic rings. The standard InChI is InChI=1S/C22H29N3O2/c26-21-19-9-5-4-8-18(19)20(15-24-21)22(27)23-14-16-10-12-25(13-11-16)17-6-2-1-3-7-17/h4-5,8-9,15-17H,1-3,6-7,10-14H2,(H,23,27)(H,24,26). The summed E-state index contributed by atoms with van der Waals surface area (Å²) in [6.07, 6.45) is 10.7. The summed E-state index contributed by atoms with van der Waals surface area (Å²) < 4.78 is 0. The van der Waals surface area contributed by atoms with E-state index in [4.69, 9.17) is 0 Å². The van der Waals surface area contributed by atoms with Gasteiger partial charge in [-0.05, 0) is 50.8 Å². The smallest absolute Gasteiger partial charge is 0.255 e. The van der Waals surface area contributed by atoms with Crippen LogP contribution in [0.15, 0.2) is 35.3 Å². The fraction of sp³-hybridized carbons (Fsp3) is 0.545. The topological polar surface area (TPSA) is 65.2 Å². The van der Waals surface area contributed by atoms with E-state index in [0.717, 1.165) is 32.0 Å². The number of aromatic nitrogens is 1. The van der Waals surface area contributed by atoms with E-state index in [1.807, 2.05) is 18.2 Å². The molecule has 0 unspecified atom stereocenters. The molecule has 0 bridgehead atoms. The van der Waals surface area contributed by atoms with Crippen LogP contribution < -0.4 is 10.9 Å². The van der Waals surface area contributed by atoms with Gasteiger partial charge in [0.15, 0.2) is 0 Å². The Hall–Kier alpha value is -2.14. The number of hydrogen-bond acceptors (Lipinski definition) is 3. The number of rotatable bonds is 4. The summed E-state index contributed by atoms with van der Waals surface area (Å²) in [6, 6.07) is 8.06. The third-order valence-electron chi connectivity index (χ3n) is 6.35. The van der Waals surface area contributed by atoms with Gasteiger partial charge in [0.25, 0.3) is 11.5 Å². The van der Waals surface area contributed by atoms with Crippen molar-refractivity contribution in [2.24, 2.45) is 5.92 Å². The van der Waals surface area contributed by atoms with Crippen LogP contribution in [-0.4, -0.2) is 41.5 Å². The highest BCUT2D eigenvalue weighted by atomic mass is 16.1. The Morgan fingerprint density at radius 1 is 1.04 bits per heavy atom. The van der Waals surface area contributed by atoms with Crippen molar-refractivity contribution in [3.05, 3.63) is 46.4 Å². The van der Waals surface area contributed by atoms with Gasteiger partial charge in [-0.2, -0.15) is 0 Å². The molecule has 2 aliphatic rings. The lowest BCUT2D eigenvalue weighted by atomic mass is 9.90. The zero-order valence-electron chi connectivity index (χ0n) is 15.9. The van der Waals surface area contributed by atoms with Gasteiger partial charge in [-0.25, -0.2) is 0 Å². The second kappa shape index (κ2) is 8.26. The summed E-state index contributed by atoms with van der Waals surface area (Å²) >= 11 is 0. The molecule has 2 fully saturated rings. The number of carbonyl (C=O) groups is 1. The number of amides is 1. The average molecular weight is 367 g/mol. The molecular weight excluding hydrogens is 338 g/mol. The fourth-order valence-electron chi connectivity index (χ4n) is 4.70. The Bertz CT molecular complexity index is 846. The molecule has 5 nitrogen and oxygen atoms in total. The minimum absolute atomic E-state index is 0.0999. The summed E-state index contributed by atoms with van der Waals surface area (Å²) in [4.78, 5) is 30.0. The number of benzene rings is 1. The molecule has 1 aliphatic carbocycles. The van der Waals surface area contributed by atoms with Crippen molar-refractivity contribution < 1.29 is 4.79 Å². The highest BCUT2D eigenvalue weighted by Gasteiger charge is 2.26. The predicted molar refractivity (Wildman–Crippen MR) is 108 cm³/mol. The maximum Gasteiger partial charge on any atom is 0.255 e. The zero-order valence-corrected chi connectivity index (χ0v) is 15.9. The van der Waals surface area contributed by atoms with Gasteiger partial charge in [0.05, 0.1) is 5.56 Å². The van der Waals surface area contributed by atoms with Gasteiger partial charge < -0.3 is 15.2 Å². The molecule has 1 saturated heterocycles. The number of H-pyrrole nitrogens is 1. The van der Waals surface area contributed by atoms with Crippen LogP contribution >= 0.6 is 0 Å². The molecule has 1 aliphatic heterocycles. The van der Waals surface area contributed by atoms with Crippen molar-refractivity contribution in [2.45, 2.75) is 51.0 Å². The lowest BCUT2D eigenvalue weighted by Gasteiger charge is -2.39. The number of fused-ring (bicyclic) bond motifs is 1. The third-order valence-corrected chi connectivity index (χ3v) is 6.35. The van der Waals surface area contributed by atoms with Crippen molar-refractivity contribution in [1.29, 1.82) is 0 Å². The molecule has 1 amide bonds. The molecule has 4 rings (SSSR count). The highest BCUT2D eigenvalue weighted by Crippen LogP contribution is 2.27. The number of nitrogens with one attached hydrogen (secondary N) is 2. The molecule has 0 spiro atoms. The molecule has 1 aromatic heterocycles. The number of carbonyl (C=O) groups excluding carboxylic acids is 1. The summed E-state index contributed by atoms with van der Waals surface area (Å²) in [5, 5.41) is 4.37. The number of pyridine rings is 1. The van der Waals surface area contributed by atoms with Crippen molar-refractivity contribution in [1.82, 2.24) is 15.2 Å². The van der Waals surface area contributed by atoms with Gasteiger partial charge in [0.1, 0.15) is 0 Å². The van der Waals surface area contributed by atoms with Crippen LogP contribution in [0.4, 0.5) is 0 Å². The lowest BCUT2D eigenvalue weighted by molar-refractivity contribution is 0.0900. The summed E-state index contributed by atoms with van der Waals surface area (Å²) in [7, 11) is 0. The van der Waals surface area contributed by atoms with Crippen LogP contribution in [0.3, 0.4) is 0 Å². The van der Waals surface area contributed by atoms with Gasteiger partial charge in [0.2, 0.25) is 0 Å². The normalized spacial score (nSPS) is 20.0. The molecule has 144 valence electrons. The first-order chi connectivity index (χ1) is 13.2. The molecule has 27 heavy (non-hydrogen) atoms. The first-order valence-corrected chi connectivity index (χ1v) is 10.3. The van der Waals surface area contributed by atoms with Crippen LogP contribution in [0.5, 0.6) is 0 Å². The minimum Gasteiger partial charge on any atom is -0.352 e. The molecule has 2 N–H and O–H groups in total. The molecule has 0 atom stereocenters. The first kappa shape index (κ1) is 18.2. The third kappa shape index (κ3) is 4.08. The molecule has 2 heterocycles. The second-order valence-electron chi connectivity index (χ2n) is 8.06. The number of likely N-dealkylation sites (tertiary alicyclic amines) is 1. The van der Waals surface area contributed by atoms with Gasteiger partial charge in [-0.1, -0.05) is 37.5 Å². The molecule has 5 heteroatoms.